The number of alkyl halides is 2. The molecular weight excluding hydrogens is 280 g/mol. The standard InChI is InChI=1S/C14H15F2N3O2/c15-13(16)9-19-6-5-11(18-19)8-17-7-10-3-1-2-4-12(10)14(20)21/h1-6,13,17H,7-9H2,(H,20,21). The summed E-state index contributed by atoms with van der Waals surface area (Å²) in [6.45, 7) is 0.316. The Morgan fingerprint density at radius 3 is 2.76 bits per heavy atom. The van der Waals surface area contributed by atoms with E-state index >= 15 is 0 Å². The molecule has 1 heterocycles. The molecule has 0 aliphatic carbocycles. The lowest BCUT2D eigenvalue weighted by Crippen LogP contribution is -2.16. The van der Waals surface area contributed by atoms with Gasteiger partial charge in [-0.25, -0.2) is 13.6 Å². The summed E-state index contributed by atoms with van der Waals surface area (Å²) in [7, 11) is 0. The molecule has 7 heteroatoms. The summed E-state index contributed by atoms with van der Waals surface area (Å²) in [5.41, 5.74) is 1.54. The third-order valence-electron chi connectivity index (χ3n) is 2.89. The van der Waals surface area contributed by atoms with Crippen molar-refractivity contribution < 1.29 is 18.7 Å². The molecule has 2 aromatic rings. The van der Waals surface area contributed by atoms with E-state index in [1.165, 1.54) is 16.9 Å². The zero-order chi connectivity index (χ0) is 15.2. The Morgan fingerprint density at radius 1 is 1.29 bits per heavy atom. The molecule has 0 aliphatic heterocycles. The number of carboxylic acid groups (broad SMARTS) is 1. The molecule has 0 atom stereocenters. The molecule has 21 heavy (non-hydrogen) atoms. The Morgan fingerprint density at radius 2 is 2.05 bits per heavy atom. The van der Waals surface area contributed by atoms with Gasteiger partial charge in [0.25, 0.3) is 6.43 Å². The van der Waals surface area contributed by atoms with Crippen molar-refractivity contribution in [2.75, 3.05) is 0 Å². The molecule has 0 fully saturated rings. The highest BCUT2D eigenvalue weighted by Gasteiger charge is 2.09. The van der Waals surface area contributed by atoms with E-state index in [2.05, 4.69) is 10.4 Å². The summed E-state index contributed by atoms with van der Waals surface area (Å²) in [4.78, 5) is 11.0. The Hall–Kier alpha value is -2.28. The molecule has 2 N–H and O–H groups in total. The summed E-state index contributed by atoms with van der Waals surface area (Å²) in [5, 5.41) is 16.1. The highest BCUT2D eigenvalue weighted by molar-refractivity contribution is 5.89. The first-order chi connectivity index (χ1) is 10.1. The fourth-order valence-corrected chi connectivity index (χ4v) is 1.95. The minimum absolute atomic E-state index is 0.244. The van der Waals surface area contributed by atoms with E-state index in [1.54, 1.807) is 24.3 Å². The van der Waals surface area contributed by atoms with Crippen molar-refractivity contribution in [2.24, 2.45) is 0 Å². The van der Waals surface area contributed by atoms with E-state index < -0.39 is 18.9 Å². The van der Waals surface area contributed by atoms with E-state index in [0.29, 0.717) is 24.3 Å². The molecule has 0 saturated carbocycles. The van der Waals surface area contributed by atoms with Crippen LogP contribution < -0.4 is 5.32 Å². The molecule has 0 spiro atoms. The van der Waals surface area contributed by atoms with Crippen molar-refractivity contribution in [3.63, 3.8) is 0 Å². The maximum Gasteiger partial charge on any atom is 0.336 e. The van der Waals surface area contributed by atoms with Gasteiger partial charge >= 0.3 is 5.97 Å². The van der Waals surface area contributed by atoms with E-state index in [9.17, 15) is 13.6 Å². The van der Waals surface area contributed by atoms with Crippen molar-refractivity contribution >= 4 is 5.97 Å². The highest BCUT2D eigenvalue weighted by Crippen LogP contribution is 2.09. The summed E-state index contributed by atoms with van der Waals surface area (Å²) >= 11 is 0. The van der Waals surface area contributed by atoms with Gasteiger partial charge in [0.2, 0.25) is 0 Å². The summed E-state index contributed by atoms with van der Waals surface area (Å²) < 4.78 is 25.6. The Labute approximate surface area is 120 Å². The Bertz CT molecular complexity index is 614. The lowest BCUT2D eigenvalue weighted by molar-refractivity contribution is 0.0695. The number of carboxylic acids is 1. The second-order valence-corrected chi connectivity index (χ2v) is 4.49. The van der Waals surface area contributed by atoms with Crippen LogP contribution in [0.1, 0.15) is 21.6 Å². The number of halogens is 2. The van der Waals surface area contributed by atoms with Gasteiger partial charge in [-0.05, 0) is 17.7 Å². The number of hydrogen-bond acceptors (Lipinski definition) is 3. The first kappa shape index (κ1) is 15.1. The number of aromatic carboxylic acids is 1. The SMILES string of the molecule is O=C(O)c1ccccc1CNCc1ccn(CC(F)F)n1. The van der Waals surface area contributed by atoms with Crippen molar-refractivity contribution in [1.82, 2.24) is 15.1 Å². The van der Waals surface area contributed by atoms with Crippen molar-refractivity contribution in [3.8, 4) is 0 Å². The van der Waals surface area contributed by atoms with Crippen LogP contribution in [-0.4, -0.2) is 27.3 Å². The predicted octanol–water partition coefficient (Wildman–Crippen LogP) is 2.14. The maximum atomic E-state index is 12.2. The van der Waals surface area contributed by atoms with E-state index in [-0.39, 0.29) is 5.56 Å². The van der Waals surface area contributed by atoms with Crippen LogP contribution in [0.4, 0.5) is 8.78 Å². The molecule has 2 rings (SSSR count). The topological polar surface area (TPSA) is 67.2 Å². The molecule has 0 aliphatic rings. The third kappa shape index (κ3) is 4.35. The number of aromatic nitrogens is 2. The lowest BCUT2D eigenvalue weighted by atomic mass is 10.1. The van der Waals surface area contributed by atoms with Gasteiger partial charge in [0.1, 0.15) is 6.54 Å². The van der Waals surface area contributed by atoms with Gasteiger partial charge in [-0.15, -0.1) is 0 Å². The normalized spacial score (nSPS) is 11.0. The van der Waals surface area contributed by atoms with Crippen LogP contribution in [0.2, 0.25) is 0 Å². The molecule has 112 valence electrons. The minimum Gasteiger partial charge on any atom is -0.478 e. The van der Waals surface area contributed by atoms with Gasteiger partial charge in [-0.3, -0.25) is 4.68 Å². The zero-order valence-corrected chi connectivity index (χ0v) is 11.2. The minimum atomic E-state index is -2.44. The molecular formula is C14H15F2N3O2. The second-order valence-electron chi connectivity index (χ2n) is 4.49. The first-order valence-corrected chi connectivity index (χ1v) is 6.38. The summed E-state index contributed by atoms with van der Waals surface area (Å²) in [6.07, 6.45) is -0.942. The quantitative estimate of drug-likeness (QED) is 0.821. The average Bonchev–Trinajstić information content (AvgIpc) is 2.86. The number of carbonyl (C=O) groups is 1. The molecule has 0 bridgehead atoms. The molecule has 5 nitrogen and oxygen atoms in total. The van der Waals surface area contributed by atoms with E-state index in [1.807, 2.05) is 0 Å². The Kier molecular flexibility index (Phi) is 4.99. The van der Waals surface area contributed by atoms with Crippen LogP contribution in [-0.2, 0) is 19.6 Å². The fraction of sp³-hybridized carbons (Fsp3) is 0.286. The van der Waals surface area contributed by atoms with Crippen molar-refractivity contribution in [2.45, 2.75) is 26.1 Å². The number of nitrogens with zero attached hydrogens (tertiary/aromatic N) is 2. The van der Waals surface area contributed by atoms with Gasteiger partial charge in [-0.1, -0.05) is 18.2 Å². The van der Waals surface area contributed by atoms with Gasteiger partial charge in [-0.2, -0.15) is 5.10 Å². The van der Waals surface area contributed by atoms with E-state index in [4.69, 9.17) is 5.11 Å². The molecule has 0 amide bonds. The first-order valence-electron chi connectivity index (χ1n) is 6.38. The largest absolute Gasteiger partial charge is 0.478 e. The zero-order valence-electron chi connectivity index (χ0n) is 11.2. The van der Waals surface area contributed by atoms with Crippen LogP contribution >= 0.6 is 0 Å². The van der Waals surface area contributed by atoms with Gasteiger partial charge in [0, 0.05) is 19.3 Å². The number of hydrogen-bond donors (Lipinski definition) is 2. The molecule has 0 saturated heterocycles. The number of benzene rings is 1. The van der Waals surface area contributed by atoms with Gasteiger partial charge in [0.05, 0.1) is 11.3 Å². The number of rotatable bonds is 7. The molecule has 1 aromatic heterocycles. The monoisotopic (exact) mass is 295 g/mol. The van der Waals surface area contributed by atoms with Crippen LogP contribution in [0, 0.1) is 0 Å². The van der Waals surface area contributed by atoms with Crippen LogP contribution in [0.25, 0.3) is 0 Å². The molecule has 1 aromatic carbocycles. The van der Waals surface area contributed by atoms with Gasteiger partial charge in [0.15, 0.2) is 0 Å². The van der Waals surface area contributed by atoms with Crippen molar-refractivity contribution in [3.05, 3.63) is 53.3 Å². The summed E-state index contributed by atoms with van der Waals surface area (Å²) in [5.74, 6) is -0.978. The third-order valence-corrected chi connectivity index (χ3v) is 2.89. The van der Waals surface area contributed by atoms with Crippen molar-refractivity contribution in [1.29, 1.82) is 0 Å². The Balaban J connectivity index is 1.90. The fourth-order valence-electron chi connectivity index (χ4n) is 1.95. The highest BCUT2D eigenvalue weighted by atomic mass is 19.3. The maximum absolute atomic E-state index is 12.2. The van der Waals surface area contributed by atoms with Crippen LogP contribution in [0.3, 0.4) is 0 Å². The lowest BCUT2D eigenvalue weighted by Gasteiger charge is -2.06. The smallest absolute Gasteiger partial charge is 0.336 e. The number of nitrogens with one attached hydrogen (secondary N) is 1. The summed E-state index contributed by atoms with van der Waals surface area (Å²) in [6, 6.07) is 8.35. The van der Waals surface area contributed by atoms with Crippen LogP contribution in [0.15, 0.2) is 36.5 Å². The van der Waals surface area contributed by atoms with E-state index in [0.717, 1.165) is 0 Å². The average molecular weight is 295 g/mol. The van der Waals surface area contributed by atoms with Gasteiger partial charge < -0.3 is 10.4 Å². The van der Waals surface area contributed by atoms with Crippen LogP contribution in [0.5, 0.6) is 0 Å². The second kappa shape index (κ2) is 6.94. The predicted molar refractivity (Wildman–Crippen MR) is 72.2 cm³/mol. The molecule has 0 radical (unpaired) electrons. The molecule has 0 unspecified atom stereocenters.